The van der Waals surface area contributed by atoms with E-state index in [9.17, 15) is 0 Å². The van der Waals surface area contributed by atoms with Crippen LogP contribution in [0.3, 0.4) is 0 Å². The van der Waals surface area contributed by atoms with E-state index in [0.29, 0.717) is 6.61 Å². The molecule has 3 rings (SSSR count). The highest BCUT2D eigenvalue weighted by Crippen LogP contribution is 2.26. The van der Waals surface area contributed by atoms with Crippen molar-refractivity contribution in [3.05, 3.63) is 29.3 Å². The highest BCUT2D eigenvalue weighted by atomic mass is 16.5. The van der Waals surface area contributed by atoms with E-state index in [-0.39, 0.29) is 6.10 Å². The van der Waals surface area contributed by atoms with E-state index in [4.69, 9.17) is 14.7 Å². The monoisotopic (exact) mass is 290 g/mol. The first-order valence-corrected chi connectivity index (χ1v) is 7.61. The van der Waals surface area contributed by atoms with Gasteiger partial charge in [0.05, 0.1) is 12.3 Å². The van der Waals surface area contributed by atoms with Gasteiger partial charge < -0.3 is 14.7 Å². The zero-order valence-corrected chi connectivity index (χ0v) is 12.4. The molecule has 1 aliphatic heterocycles. The number of fused-ring (bicyclic) bond motifs is 1. The minimum atomic E-state index is 0.140. The van der Waals surface area contributed by atoms with E-state index < -0.39 is 0 Å². The molecule has 0 spiro atoms. The largest absolute Gasteiger partial charge is 0.491 e. The Morgan fingerprint density at radius 1 is 1.43 bits per heavy atom. The summed E-state index contributed by atoms with van der Waals surface area (Å²) in [4.78, 5) is 2.38. The second kappa shape index (κ2) is 6.45. The van der Waals surface area contributed by atoms with E-state index in [0.717, 1.165) is 56.1 Å². The van der Waals surface area contributed by atoms with Crippen molar-refractivity contribution in [1.82, 2.24) is 4.90 Å². The quantitative estimate of drug-likeness (QED) is 0.680. The molecule has 1 aromatic rings. The molecule has 2 aliphatic rings. The number of hydrogen-bond donors (Lipinski definition) is 1. The number of benzene rings is 1. The molecule has 1 aromatic carbocycles. The molecular formula is C16H22N2O3. The third-order valence-electron chi connectivity index (χ3n) is 4.25. The van der Waals surface area contributed by atoms with E-state index in [1.165, 1.54) is 5.56 Å². The zero-order chi connectivity index (χ0) is 14.7. The average molecular weight is 290 g/mol. The Bertz CT molecular complexity index is 530. The van der Waals surface area contributed by atoms with Crippen LogP contribution in [0.4, 0.5) is 0 Å². The predicted octanol–water partition coefficient (Wildman–Crippen LogP) is 1.91. The van der Waals surface area contributed by atoms with Crippen LogP contribution in [0.5, 0.6) is 5.75 Å². The van der Waals surface area contributed by atoms with Crippen molar-refractivity contribution in [2.45, 2.75) is 25.9 Å². The number of rotatable bonds is 4. The minimum Gasteiger partial charge on any atom is -0.491 e. The highest BCUT2D eigenvalue weighted by molar-refractivity contribution is 6.04. The Morgan fingerprint density at radius 2 is 2.33 bits per heavy atom. The number of ether oxygens (including phenoxy) is 2. The van der Waals surface area contributed by atoms with Gasteiger partial charge in [-0.25, -0.2) is 0 Å². The third-order valence-corrected chi connectivity index (χ3v) is 4.25. The smallest absolute Gasteiger partial charge is 0.119 e. The molecule has 0 saturated carbocycles. The van der Waals surface area contributed by atoms with Gasteiger partial charge in [-0.2, -0.15) is 0 Å². The fourth-order valence-corrected chi connectivity index (χ4v) is 3.00. The molecule has 1 fully saturated rings. The van der Waals surface area contributed by atoms with Crippen molar-refractivity contribution < 1.29 is 14.7 Å². The van der Waals surface area contributed by atoms with Gasteiger partial charge in [-0.3, -0.25) is 4.90 Å². The maximum atomic E-state index is 8.94. The number of morpholine rings is 1. The van der Waals surface area contributed by atoms with E-state index in [1.54, 1.807) is 0 Å². The summed E-state index contributed by atoms with van der Waals surface area (Å²) in [6, 6.07) is 5.97. The number of hydrogen-bond acceptors (Lipinski definition) is 5. The van der Waals surface area contributed by atoms with Crippen LogP contribution in [-0.4, -0.2) is 54.8 Å². The number of likely N-dealkylation sites (N-methyl/N-ethyl adjacent to an activating group) is 1. The molecule has 114 valence electrons. The van der Waals surface area contributed by atoms with Gasteiger partial charge in [0.25, 0.3) is 0 Å². The Hall–Kier alpha value is -1.59. The number of oxime groups is 1. The van der Waals surface area contributed by atoms with Crippen LogP contribution < -0.4 is 4.74 Å². The fourth-order valence-electron chi connectivity index (χ4n) is 3.00. The summed E-state index contributed by atoms with van der Waals surface area (Å²) >= 11 is 0. The van der Waals surface area contributed by atoms with Gasteiger partial charge in [0.1, 0.15) is 18.5 Å². The van der Waals surface area contributed by atoms with E-state index in [2.05, 4.69) is 17.0 Å². The Morgan fingerprint density at radius 3 is 3.14 bits per heavy atom. The lowest BCUT2D eigenvalue weighted by Gasteiger charge is -2.31. The van der Waals surface area contributed by atoms with Crippen LogP contribution in [0.25, 0.3) is 0 Å². The molecule has 1 atom stereocenters. The molecule has 5 nitrogen and oxygen atoms in total. The van der Waals surface area contributed by atoms with Gasteiger partial charge in [0.2, 0.25) is 0 Å². The van der Waals surface area contributed by atoms with Crippen LogP contribution in [-0.2, 0) is 11.2 Å². The zero-order valence-electron chi connectivity index (χ0n) is 12.4. The van der Waals surface area contributed by atoms with Crippen molar-refractivity contribution in [3.63, 3.8) is 0 Å². The first-order chi connectivity index (χ1) is 10.3. The van der Waals surface area contributed by atoms with Crippen molar-refractivity contribution in [3.8, 4) is 5.75 Å². The molecule has 1 N–H and O–H groups in total. The second-order valence-electron chi connectivity index (χ2n) is 5.56. The maximum absolute atomic E-state index is 8.94. The molecule has 0 bridgehead atoms. The predicted molar refractivity (Wildman–Crippen MR) is 80.4 cm³/mol. The summed E-state index contributed by atoms with van der Waals surface area (Å²) in [6.45, 7) is 6.53. The first kappa shape index (κ1) is 14.4. The topological polar surface area (TPSA) is 54.3 Å². The maximum Gasteiger partial charge on any atom is 0.119 e. The molecule has 1 aliphatic carbocycles. The Labute approximate surface area is 125 Å². The van der Waals surface area contributed by atoms with Crippen molar-refractivity contribution in [1.29, 1.82) is 0 Å². The van der Waals surface area contributed by atoms with Gasteiger partial charge in [-0.15, -0.1) is 0 Å². The summed E-state index contributed by atoms with van der Waals surface area (Å²) in [7, 11) is 0. The summed E-state index contributed by atoms with van der Waals surface area (Å²) in [5, 5.41) is 12.3. The molecule has 0 radical (unpaired) electrons. The average Bonchev–Trinajstić information content (AvgIpc) is 2.95. The highest BCUT2D eigenvalue weighted by Gasteiger charge is 2.21. The van der Waals surface area contributed by atoms with Gasteiger partial charge in [-0.05, 0) is 43.1 Å². The van der Waals surface area contributed by atoms with Gasteiger partial charge in [0.15, 0.2) is 0 Å². The van der Waals surface area contributed by atoms with Gasteiger partial charge in [-0.1, -0.05) is 12.1 Å². The molecule has 1 unspecified atom stereocenters. The molecule has 1 heterocycles. The Kier molecular flexibility index (Phi) is 4.41. The summed E-state index contributed by atoms with van der Waals surface area (Å²) in [5.74, 6) is 0.866. The fraction of sp³-hybridized carbons (Fsp3) is 0.562. The lowest BCUT2D eigenvalue weighted by molar-refractivity contribution is -0.0464. The summed E-state index contributed by atoms with van der Waals surface area (Å²) in [5.41, 5.74) is 3.00. The molecule has 0 aromatic heterocycles. The van der Waals surface area contributed by atoms with Gasteiger partial charge >= 0.3 is 0 Å². The number of aryl methyl sites for hydroxylation is 1. The minimum absolute atomic E-state index is 0.140. The molecule has 1 saturated heterocycles. The SMILES string of the molecule is CCN1CCOC(COc2ccc3c(c2)CC/C3=N\O)C1. The second-order valence-corrected chi connectivity index (χ2v) is 5.56. The summed E-state index contributed by atoms with van der Waals surface area (Å²) in [6.07, 6.45) is 1.85. The first-order valence-electron chi connectivity index (χ1n) is 7.61. The summed E-state index contributed by atoms with van der Waals surface area (Å²) < 4.78 is 11.6. The van der Waals surface area contributed by atoms with E-state index >= 15 is 0 Å². The lowest BCUT2D eigenvalue weighted by atomic mass is 10.1. The molecule has 21 heavy (non-hydrogen) atoms. The van der Waals surface area contributed by atoms with Crippen LogP contribution in [0.2, 0.25) is 0 Å². The standard InChI is InChI=1S/C16H22N2O3/c1-2-18-7-8-20-14(10-18)11-21-13-4-5-15-12(9-13)3-6-16(15)17-19/h4-5,9,14,19H,2-3,6-8,10-11H2,1H3/b17-16+. The molecule has 0 amide bonds. The Balaban J connectivity index is 1.59. The van der Waals surface area contributed by atoms with Crippen LogP contribution in [0, 0.1) is 0 Å². The van der Waals surface area contributed by atoms with Crippen LogP contribution in [0.1, 0.15) is 24.5 Å². The van der Waals surface area contributed by atoms with Crippen molar-refractivity contribution >= 4 is 5.71 Å². The van der Waals surface area contributed by atoms with E-state index in [1.807, 2.05) is 18.2 Å². The normalized spacial score (nSPS) is 24.2. The molecular weight excluding hydrogens is 268 g/mol. The number of nitrogens with zero attached hydrogens (tertiary/aromatic N) is 2. The van der Waals surface area contributed by atoms with Crippen LogP contribution in [0.15, 0.2) is 23.4 Å². The van der Waals surface area contributed by atoms with Gasteiger partial charge in [0, 0.05) is 18.7 Å². The third kappa shape index (κ3) is 3.19. The lowest BCUT2D eigenvalue weighted by Crippen LogP contribution is -2.44. The molecule has 5 heteroatoms. The van der Waals surface area contributed by atoms with Crippen molar-refractivity contribution in [2.24, 2.45) is 5.16 Å². The van der Waals surface area contributed by atoms with Crippen LogP contribution >= 0.6 is 0 Å². The van der Waals surface area contributed by atoms with Crippen molar-refractivity contribution in [2.75, 3.05) is 32.8 Å².